The predicted molar refractivity (Wildman–Crippen MR) is 97.8 cm³/mol. The van der Waals surface area contributed by atoms with Crippen molar-refractivity contribution >= 4 is 29.7 Å². The van der Waals surface area contributed by atoms with Crippen molar-refractivity contribution in [1.29, 1.82) is 0 Å². The number of benzene rings is 1. The van der Waals surface area contributed by atoms with Gasteiger partial charge in [-0.05, 0) is 30.4 Å². The fourth-order valence-electron chi connectivity index (χ4n) is 4.20. The van der Waals surface area contributed by atoms with Crippen molar-refractivity contribution in [1.82, 2.24) is 5.01 Å². The van der Waals surface area contributed by atoms with E-state index in [2.05, 4.69) is 9.84 Å². The number of nitro groups is 1. The molecule has 0 spiro atoms. The van der Waals surface area contributed by atoms with Gasteiger partial charge in [-0.2, -0.15) is 10.1 Å². The molecule has 1 saturated carbocycles. The number of imide groups is 1. The third kappa shape index (κ3) is 3.16. The highest BCUT2D eigenvalue weighted by molar-refractivity contribution is 6.06. The zero-order chi connectivity index (χ0) is 20.7. The summed E-state index contributed by atoms with van der Waals surface area (Å²) in [5.74, 6) is -2.02. The first-order valence-electron chi connectivity index (χ1n) is 8.99. The molecular weight excluding hydrogens is 382 g/mol. The topological polar surface area (TPSA) is 128 Å². The summed E-state index contributed by atoms with van der Waals surface area (Å²) >= 11 is 0. The summed E-state index contributed by atoms with van der Waals surface area (Å²) in [6, 6.07) is 3.97. The normalized spacial score (nSPS) is 27.0. The average molecular weight is 399 g/mol. The summed E-state index contributed by atoms with van der Waals surface area (Å²) in [5, 5.41) is 16.2. The van der Waals surface area contributed by atoms with Crippen molar-refractivity contribution in [3.8, 4) is 5.75 Å². The van der Waals surface area contributed by atoms with E-state index >= 15 is 0 Å². The van der Waals surface area contributed by atoms with Crippen LogP contribution in [0.3, 0.4) is 0 Å². The van der Waals surface area contributed by atoms with Crippen LogP contribution in [0.4, 0.5) is 5.69 Å². The zero-order valence-electron chi connectivity index (χ0n) is 15.4. The van der Waals surface area contributed by atoms with Gasteiger partial charge in [0.15, 0.2) is 12.4 Å². The Morgan fingerprint density at radius 3 is 2.52 bits per heavy atom. The molecule has 150 valence electrons. The summed E-state index contributed by atoms with van der Waals surface area (Å²) in [4.78, 5) is 47.0. The van der Waals surface area contributed by atoms with E-state index in [9.17, 15) is 24.5 Å². The predicted octanol–water partition coefficient (Wildman–Crippen LogP) is 1.29. The fraction of sp³-hybridized carbons (Fsp3) is 0.368. The van der Waals surface area contributed by atoms with Gasteiger partial charge < -0.3 is 9.47 Å². The smallest absolute Gasteiger partial charge is 0.343 e. The number of amides is 2. The summed E-state index contributed by atoms with van der Waals surface area (Å²) < 4.78 is 9.55. The lowest BCUT2D eigenvalue weighted by Gasteiger charge is -2.13. The maximum absolute atomic E-state index is 12.6. The number of nitro benzene ring substituents is 1. The lowest BCUT2D eigenvalue weighted by atomic mass is 9.85. The van der Waals surface area contributed by atoms with Gasteiger partial charge in [-0.25, -0.2) is 4.79 Å². The lowest BCUT2D eigenvalue weighted by Crippen LogP contribution is -2.28. The van der Waals surface area contributed by atoms with Crippen molar-refractivity contribution in [2.24, 2.45) is 28.8 Å². The van der Waals surface area contributed by atoms with Gasteiger partial charge in [0.25, 0.3) is 11.8 Å². The number of carbonyl (C=O) groups excluding carboxylic acids is 3. The second-order valence-electron chi connectivity index (χ2n) is 7.08. The molecule has 10 nitrogen and oxygen atoms in total. The number of rotatable bonds is 6. The van der Waals surface area contributed by atoms with Crippen LogP contribution in [0, 0.1) is 33.8 Å². The molecule has 1 saturated heterocycles. The Bertz CT molecular complexity index is 941. The maximum atomic E-state index is 12.6. The molecule has 0 aromatic heterocycles. The molecule has 3 aliphatic rings. The van der Waals surface area contributed by atoms with Gasteiger partial charge in [-0.1, -0.05) is 12.2 Å². The quantitative estimate of drug-likeness (QED) is 0.176. The molecular formula is C19H17N3O7. The number of hydrogen-bond acceptors (Lipinski definition) is 8. The Balaban J connectivity index is 1.52. The van der Waals surface area contributed by atoms with Gasteiger partial charge >= 0.3 is 11.7 Å². The Morgan fingerprint density at radius 1 is 1.28 bits per heavy atom. The number of allylic oxidation sites excluding steroid dienone is 2. The van der Waals surface area contributed by atoms with Crippen LogP contribution in [-0.4, -0.2) is 47.6 Å². The van der Waals surface area contributed by atoms with Crippen molar-refractivity contribution < 1.29 is 28.8 Å². The van der Waals surface area contributed by atoms with Crippen LogP contribution in [-0.2, 0) is 19.1 Å². The number of esters is 1. The van der Waals surface area contributed by atoms with E-state index in [4.69, 9.17) is 4.74 Å². The number of methoxy groups -OCH3 is 1. The van der Waals surface area contributed by atoms with Crippen LogP contribution in [0.2, 0.25) is 0 Å². The van der Waals surface area contributed by atoms with Crippen molar-refractivity contribution in [2.75, 3.05) is 13.7 Å². The molecule has 4 unspecified atom stereocenters. The second-order valence-corrected chi connectivity index (χ2v) is 7.08. The van der Waals surface area contributed by atoms with Crippen LogP contribution in [0.25, 0.3) is 0 Å². The first kappa shape index (κ1) is 18.8. The molecule has 1 aliphatic heterocycles. The highest BCUT2D eigenvalue weighted by atomic mass is 16.6. The minimum Gasteiger partial charge on any atom is -0.475 e. The maximum Gasteiger partial charge on any atom is 0.343 e. The fourth-order valence-corrected chi connectivity index (χ4v) is 4.20. The molecule has 1 heterocycles. The highest BCUT2D eigenvalue weighted by Gasteiger charge is 2.59. The SMILES string of the molecule is COC(=O)COc1ccc(C=NN2C(=O)C3C4C=CC(C4)C3C2=O)cc1[N+](=O)[O-]. The summed E-state index contributed by atoms with van der Waals surface area (Å²) in [7, 11) is 1.18. The van der Waals surface area contributed by atoms with E-state index in [0.717, 1.165) is 11.4 Å². The summed E-state index contributed by atoms with van der Waals surface area (Å²) in [5.41, 5.74) is -0.0723. The highest BCUT2D eigenvalue weighted by Crippen LogP contribution is 2.52. The Hall–Kier alpha value is -3.56. The largest absolute Gasteiger partial charge is 0.475 e. The van der Waals surface area contributed by atoms with Crippen LogP contribution < -0.4 is 4.74 Å². The third-order valence-electron chi connectivity index (χ3n) is 5.52. The number of ether oxygens (including phenoxy) is 2. The van der Waals surface area contributed by atoms with E-state index in [1.54, 1.807) is 0 Å². The standard InChI is InChI=1S/C19H17N3O7/c1-28-15(23)9-29-14-5-2-10(6-13(14)22(26)27)8-20-21-18(24)16-11-3-4-12(7-11)17(16)19(21)25/h2-6,8,11-12,16-17H,7,9H2,1H3. The molecule has 29 heavy (non-hydrogen) atoms. The molecule has 2 bridgehead atoms. The molecule has 2 fully saturated rings. The van der Waals surface area contributed by atoms with Crippen LogP contribution in [0.1, 0.15) is 12.0 Å². The second kappa shape index (κ2) is 7.12. The molecule has 0 radical (unpaired) electrons. The molecule has 2 aliphatic carbocycles. The van der Waals surface area contributed by atoms with Crippen molar-refractivity contribution in [3.05, 3.63) is 46.0 Å². The van der Waals surface area contributed by atoms with Gasteiger partial charge in [0, 0.05) is 11.6 Å². The van der Waals surface area contributed by atoms with Crippen LogP contribution in [0.5, 0.6) is 5.75 Å². The number of nitrogens with zero attached hydrogens (tertiary/aromatic N) is 3. The number of hydrogen-bond donors (Lipinski definition) is 0. The number of carbonyl (C=O) groups is 3. The van der Waals surface area contributed by atoms with E-state index in [1.165, 1.54) is 31.5 Å². The average Bonchev–Trinajstić information content (AvgIpc) is 3.39. The molecule has 1 aromatic rings. The van der Waals surface area contributed by atoms with Gasteiger partial charge in [0.2, 0.25) is 0 Å². The zero-order valence-corrected chi connectivity index (χ0v) is 15.4. The first-order valence-corrected chi connectivity index (χ1v) is 8.99. The van der Waals surface area contributed by atoms with Gasteiger partial charge in [0.1, 0.15) is 0 Å². The number of hydrazone groups is 1. The van der Waals surface area contributed by atoms with Crippen molar-refractivity contribution in [3.63, 3.8) is 0 Å². The molecule has 4 rings (SSSR count). The van der Waals surface area contributed by atoms with Gasteiger partial charge in [-0.15, -0.1) is 0 Å². The minimum absolute atomic E-state index is 0.0778. The minimum atomic E-state index is -0.676. The van der Waals surface area contributed by atoms with E-state index < -0.39 is 17.5 Å². The molecule has 10 heteroatoms. The molecule has 2 amide bonds. The van der Waals surface area contributed by atoms with Crippen LogP contribution >= 0.6 is 0 Å². The Labute approximate surface area is 164 Å². The van der Waals surface area contributed by atoms with Crippen molar-refractivity contribution in [2.45, 2.75) is 6.42 Å². The first-order chi connectivity index (χ1) is 13.9. The third-order valence-corrected chi connectivity index (χ3v) is 5.52. The Morgan fingerprint density at radius 2 is 1.93 bits per heavy atom. The van der Waals surface area contributed by atoms with E-state index in [1.807, 2.05) is 12.2 Å². The molecule has 4 atom stereocenters. The number of fused-ring (bicyclic) bond motifs is 5. The van der Waals surface area contributed by atoms with Gasteiger partial charge in [-0.3, -0.25) is 19.7 Å². The molecule has 1 aromatic carbocycles. The summed E-state index contributed by atoms with van der Waals surface area (Å²) in [6.45, 7) is -0.472. The van der Waals surface area contributed by atoms with E-state index in [-0.39, 0.29) is 46.9 Å². The Kier molecular flexibility index (Phi) is 4.61. The van der Waals surface area contributed by atoms with E-state index in [0.29, 0.717) is 5.56 Å². The molecule has 0 N–H and O–H groups in total. The lowest BCUT2D eigenvalue weighted by molar-refractivity contribution is -0.385. The summed E-state index contributed by atoms with van der Waals surface area (Å²) in [6.07, 6.45) is 6.02. The monoisotopic (exact) mass is 399 g/mol. The van der Waals surface area contributed by atoms with Gasteiger partial charge in [0.05, 0.1) is 30.1 Å². The van der Waals surface area contributed by atoms with Crippen LogP contribution in [0.15, 0.2) is 35.5 Å².